The van der Waals surface area contributed by atoms with Crippen LogP contribution in [0.15, 0.2) is 35.1 Å². The van der Waals surface area contributed by atoms with E-state index in [2.05, 4.69) is 41.5 Å². The van der Waals surface area contributed by atoms with Gasteiger partial charge in [0.25, 0.3) is 5.56 Å². The summed E-state index contributed by atoms with van der Waals surface area (Å²) >= 11 is 0. The van der Waals surface area contributed by atoms with E-state index in [1.165, 1.54) is 11.1 Å². The summed E-state index contributed by atoms with van der Waals surface area (Å²) in [5.41, 5.74) is 5.05. The average Bonchev–Trinajstić information content (AvgIpc) is 3.13. The van der Waals surface area contributed by atoms with Gasteiger partial charge in [-0.1, -0.05) is 31.2 Å². The van der Waals surface area contributed by atoms with Crippen LogP contribution in [0.3, 0.4) is 0 Å². The van der Waals surface area contributed by atoms with E-state index >= 15 is 0 Å². The number of anilines is 1. The van der Waals surface area contributed by atoms with Crippen LogP contribution in [0.2, 0.25) is 0 Å². The maximum atomic E-state index is 13.2. The van der Waals surface area contributed by atoms with Crippen LogP contribution < -0.4 is 10.9 Å². The van der Waals surface area contributed by atoms with E-state index in [1.54, 1.807) is 0 Å². The summed E-state index contributed by atoms with van der Waals surface area (Å²) < 4.78 is 0. The zero-order chi connectivity index (χ0) is 24.2. The Labute approximate surface area is 207 Å². The minimum Gasteiger partial charge on any atom is -0.324 e. The first-order valence-corrected chi connectivity index (χ1v) is 13.6. The molecular weight excluding hydrogens is 436 g/mol. The number of amides is 1. The van der Waals surface area contributed by atoms with Gasteiger partial charge in [0.1, 0.15) is 11.5 Å². The molecule has 3 unspecified atom stereocenters. The van der Waals surface area contributed by atoms with Crippen LogP contribution in [0, 0.1) is 23.2 Å². The van der Waals surface area contributed by atoms with E-state index in [9.17, 15) is 14.4 Å². The minimum atomic E-state index is -0.246. The Morgan fingerprint density at radius 2 is 1.91 bits per heavy atom. The molecule has 0 aliphatic heterocycles. The summed E-state index contributed by atoms with van der Waals surface area (Å²) in [5.74, 6) is 1.94. The van der Waals surface area contributed by atoms with Gasteiger partial charge >= 0.3 is 0 Å². The highest BCUT2D eigenvalue weighted by atomic mass is 16.2. The molecule has 0 radical (unpaired) electrons. The summed E-state index contributed by atoms with van der Waals surface area (Å²) in [6, 6.07) is 10.7. The van der Waals surface area contributed by atoms with Crippen molar-refractivity contribution in [2.45, 2.75) is 83.5 Å². The average molecular weight is 473 g/mol. The summed E-state index contributed by atoms with van der Waals surface area (Å²) in [7, 11) is 0. The molecule has 0 saturated heterocycles. The minimum absolute atomic E-state index is 0.117. The maximum absolute atomic E-state index is 13.2. The number of rotatable bonds is 4. The second-order valence-corrected chi connectivity index (χ2v) is 11.7. The second kappa shape index (κ2) is 8.76. The van der Waals surface area contributed by atoms with Crippen LogP contribution in [0.4, 0.5) is 5.69 Å². The fraction of sp³-hybridized carbons (Fsp3) is 0.567. The molecule has 4 aliphatic carbocycles. The lowest BCUT2D eigenvalue weighted by Gasteiger charge is -2.50. The topological polar surface area (TPSA) is 79.0 Å². The molecule has 0 bridgehead atoms. The number of carbonyl (C=O) groups is 2. The van der Waals surface area contributed by atoms with Gasteiger partial charge in [-0.15, -0.1) is 0 Å². The molecule has 5 atom stereocenters. The summed E-state index contributed by atoms with van der Waals surface area (Å²) in [6.07, 6.45) is 10.0. The van der Waals surface area contributed by atoms with Crippen molar-refractivity contribution in [1.29, 1.82) is 0 Å². The van der Waals surface area contributed by atoms with Crippen molar-refractivity contribution < 1.29 is 9.59 Å². The predicted molar refractivity (Wildman–Crippen MR) is 137 cm³/mol. The monoisotopic (exact) mass is 472 g/mol. The Bertz CT molecular complexity index is 1230. The molecule has 2 fully saturated rings. The number of ketones is 1. The fourth-order valence-electron chi connectivity index (χ4n) is 8.14. The molecule has 1 heterocycles. The molecule has 4 aliphatic rings. The van der Waals surface area contributed by atoms with Crippen molar-refractivity contribution in [3.05, 3.63) is 63.1 Å². The molecule has 1 aromatic carbocycles. The van der Waals surface area contributed by atoms with Crippen molar-refractivity contribution >= 4 is 17.4 Å². The first kappa shape index (κ1) is 22.8. The first-order valence-electron chi connectivity index (χ1n) is 13.6. The van der Waals surface area contributed by atoms with Gasteiger partial charge in [0.15, 0.2) is 0 Å². The van der Waals surface area contributed by atoms with Crippen molar-refractivity contribution in [3.8, 4) is 0 Å². The highest BCUT2D eigenvalue weighted by molar-refractivity contribution is 5.91. The van der Waals surface area contributed by atoms with Crippen LogP contribution in [-0.4, -0.2) is 16.7 Å². The highest BCUT2D eigenvalue weighted by Gasteiger charge is 2.58. The third-order valence-corrected chi connectivity index (χ3v) is 9.84. The van der Waals surface area contributed by atoms with Gasteiger partial charge in [-0.3, -0.25) is 14.4 Å². The molecule has 6 rings (SSSR count). The predicted octanol–water partition coefficient (Wildman–Crippen LogP) is 5.32. The lowest BCUT2D eigenvalue weighted by atomic mass is 9.54. The van der Waals surface area contributed by atoms with Gasteiger partial charge in [-0.25, -0.2) is 0 Å². The normalized spacial score (nSPS) is 31.2. The third-order valence-electron chi connectivity index (χ3n) is 9.84. The number of aromatic amines is 1. The van der Waals surface area contributed by atoms with E-state index in [1.807, 2.05) is 6.07 Å². The van der Waals surface area contributed by atoms with Crippen molar-refractivity contribution in [3.63, 3.8) is 0 Å². The molecule has 0 spiro atoms. The number of hydrogen-bond acceptors (Lipinski definition) is 3. The molecule has 184 valence electrons. The van der Waals surface area contributed by atoms with Gasteiger partial charge in [-0.05, 0) is 104 Å². The third kappa shape index (κ3) is 3.88. The standard InChI is InChI=1S/C30H36N2O3/c1-30-15-14-22-21-8-4-2-6-18(21)10-12-23(22)28(30)20(17-26(30)33)11-13-27(34)31-25-16-19-7-3-5-9-24(19)32-29(25)35/h2,4,6,8,16,20,22-23,28H,3,5,7,9-15,17H2,1H3,(H,31,34)(H,32,35)/t20-,22?,23?,28?,30-/m1/s1. The molecule has 1 aromatic heterocycles. The molecule has 2 aromatic rings. The Kier molecular flexibility index (Phi) is 5.69. The number of carbonyl (C=O) groups excluding carboxylic acids is 2. The van der Waals surface area contributed by atoms with Crippen LogP contribution in [0.25, 0.3) is 0 Å². The highest BCUT2D eigenvalue weighted by Crippen LogP contribution is 2.62. The summed E-state index contributed by atoms with van der Waals surface area (Å²) in [6.45, 7) is 2.20. The number of aromatic nitrogens is 1. The second-order valence-electron chi connectivity index (χ2n) is 11.7. The van der Waals surface area contributed by atoms with E-state index in [-0.39, 0.29) is 22.8 Å². The van der Waals surface area contributed by atoms with Gasteiger partial charge in [-0.2, -0.15) is 0 Å². The number of fused-ring (bicyclic) bond motifs is 6. The molecule has 5 nitrogen and oxygen atoms in total. The Morgan fingerprint density at radius 3 is 2.80 bits per heavy atom. The number of H-pyrrole nitrogens is 1. The smallest absolute Gasteiger partial charge is 0.271 e. The van der Waals surface area contributed by atoms with Crippen LogP contribution in [0.5, 0.6) is 0 Å². The fourth-order valence-corrected chi connectivity index (χ4v) is 8.14. The molecule has 2 saturated carbocycles. The van der Waals surface area contributed by atoms with Crippen LogP contribution in [-0.2, 0) is 28.9 Å². The lowest BCUT2D eigenvalue weighted by Crippen LogP contribution is -2.44. The number of Topliss-reactive ketones (excluding diaryl/α,β-unsaturated/α-hetero) is 1. The summed E-state index contributed by atoms with van der Waals surface area (Å²) in [4.78, 5) is 41.6. The molecule has 1 amide bonds. The number of benzene rings is 1. The van der Waals surface area contributed by atoms with E-state index < -0.39 is 0 Å². The van der Waals surface area contributed by atoms with Crippen LogP contribution >= 0.6 is 0 Å². The van der Waals surface area contributed by atoms with Crippen molar-refractivity contribution in [2.24, 2.45) is 23.2 Å². The van der Waals surface area contributed by atoms with Gasteiger partial charge < -0.3 is 10.3 Å². The number of hydrogen-bond donors (Lipinski definition) is 2. The zero-order valence-corrected chi connectivity index (χ0v) is 20.7. The molecule has 2 N–H and O–H groups in total. The van der Waals surface area contributed by atoms with Gasteiger partial charge in [0.2, 0.25) is 5.91 Å². The Balaban J connectivity index is 1.17. The van der Waals surface area contributed by atoms with E-state index in [0.717, 1.165) is 62.6 Å². The number of nitrogens with one attached hydrogen (secondary N) is 2. The first-order chi connectivity index (χ1) is 16.9. The molecule has 35 heavy (non-hydrogen) atoms. The molecule has 5 heteroatoms. The van der Waals surface area contributed by atoms with E-state index in [4.69, 9.17) is 0 Å². The lowest BCUT2D eigenvalue weighted by molar-refractivity contribution is -0.129. The van der Waals surface area contributed by atoms with Gasteiger partial charge in [0, 0.05) is 24.0 Å². The van der Waals surface area contributed by atoms with Crippen molar-refractivity contribution in [2.75, 3.05) is 5.32 Å². The Hall–Kier alpha value is -2.69. The Morgan fingerprint density at radius 1 is 1.09 bits per heavy atom. The number of pyridine rings is 1. The quantitative estimate of drug-likeness (QED) is 0.632. The summed E-state index contributed by atoms with van der Waals surface area (Å²) in [5, 5.41) is 2.88. The van der Waals surface area contributed by atoms with Gasteiger partial charge in [0.05, 0.1) is 0 Å². The SMILES string of the molecule is C[C@]12CCC3c4ccccc4CCC3C1[C@H](CCC(=O)Nc1cc3c([nH]c1=O)CCCC3)CC2=O. The zero-order valence-electron chi connectivity index (χ0n) is 20.7. The largest absolute Gasteiger partial charge is 0.324 e. The van der Waals surface area contributed by atoms with Crippen molar-refractivity contribution in [1.82, 2.24) is 4.98 Å². The maximum Gasteiger partial charge on any atom is 0.271 e. The van der Waals surface area contributed by atoms with E-state index in [0.29, 0.717) is 48.5 Å². The molecular formula is C30H36N2O3. The van der Waals surface area contributed by atoms with Crippen LogP contribution in [0.1, 0.15) is 86.6 Å². The number of aryl methyl sites for hydroxylation is 3.